The minimum Gasteiger partial charge on any atom is -0.352 e. The monoisotopic (exact) mass is 337 g/mol. The number of likely N-dealkylation sites (tertiary alicyclic amines) is 1. The summed E-state index contributed by atoms with van der Waals surface area (Å²) in [5, 5.41) is 3.01. The van der Waals surface area contributed by atoms with E-state index in [2.05, 4.69) is 10.3 Å². The van der Waals surface area contributed by atoms with Gasteiger partial charge in [0.25, 0.3) is 0 Å². The highest BCUT2D eigenvalue weighted by Gasteiger charge is 2.38. The Hall–Kier alpha value is -2.69. The van der Waals surface area contributed by atoms with E-state index in [4.69, 9.17) is 0 Å². The van der Waals surface area contributed by atoms with Gasteiger partial charge in [-0.15, -0.1) is 0 Å². The molecule has 2 aromatic rings. The lowest BCUT2D eigenvalue weighted by Gasteiger charge is -2.38. The molecule has 0 unspecified atom stereocenters. The second kappa shape index (κ2) is 7.47. The van der Waals surface area contributed by atoms with Crippen molar-refractivity contribution in [2.45, 2.75) is 32.4 Å². The van der Waals surface area contributed by atoms with Crippen molar-refractivity contribution in [1.29, 1.82) is 0 Å². The number of aromatic nitrogens is 1. The molecule has 5 nitrogen and oxygen atoms in total. The van der Waals surface area contributed by atoms with Crippen molar-refractivity contribution >= 4 is 11.8 Å². The van der Waals surface area contributed by atoms with Gasteiger partial charge in [0, 0.05) is 32.4 Å². The minimum absolute atomic E-state index is 0.0123. The van der Waals surface area contributed by atoms with Crippen molar-refractivity contribution < 1.29 is 9.59 Å². The van der Waals surface area contributed by atoms with Crippen LogP contribution in [0, 0.1) is 12.8 Å². The van der Waals surface area contributed by atoms with Crippen LogP contribution < -0.4 is 5.32 Å². The molecule has 1 fully saturated rings. The first-order valence-electron chi connectivity index (χ1n) is 8.55. The van der Waals surface area contributed by atoms with E-state index in [0.29, 0.717) is 19.4 Å². The SMILES string of the molecule is Cc1ccc([C@H]2[C@H](C(=O)NCc3ccncc3)CCC(=O)N2C)cc1. The van der Waals surface area contributed by atoms with Gasteiger partial charge in [-0.2, -0.15) is 0 Å². The van der Waals surface area contributed by atoms with Gasteiger partial charge in [-0.25, -0.2) is 0 Å². The molecule has 0 saturated carbocycles. The van der Waals surface area contributed by atoms with Crippen molar-refractivity contribution in [3.8, 4) is 0 Å². The molecule has 1 aromatic carbocycles. The van der Waals surface area contributed by atoms with Crippen LogP contribution in [0.15, 0.2) is 48.8 Å². The molecule has 0 bridgehead atoms. The predicted octanol–water partition coefficient (Wildman–Crippen LogP) is 2.62. The fourth-order valence-electron chi connectivity index (χ4n) is 3.35. The van der Waals surface area contributed by atoms with E-state index in [1.165, 1.54) is 0 Å². The lowest BCUT2D eigenvalue weighted by molar-refractivity contribution is -0.141. The van der Waals surface area contributed by atoms with Crippen molar-refractivity contribution in [2.75, 3.05) is 7.05 Å². The Balaban J connectivity index is 1.78. The van der Waals surface area contributed by atoms with E-state index in [1.54, 1.807) is 24.3 Å². The van der Waals surface area contributed by atoms with E-state index >= 15 is 0 Å². The summed E-state index contributed by atoms with van der Waals surface area (Å²) in [6, 6.07) is 11.6. The maximum Gasteiger partial charge on any atom is 0.225 e. The minimum atomic E-state index is -0.243. The highest BCUT2D eigenvalue weighted by atomic mass is 16.2. The average Bonchev–Trinajstić information content (AvgIpc) is 2.63. The Morgan fingerprint density at radius 2 is 1.88 bits per heavy atom. The Kier molecular flexibility index (Phi) is 5.12. The van der Waals surface area contributed by atoms with Gasteiger partial charge in [-0.05, 0) is 36.6 Å². The number of carbonyl (C=O) groups is 2. The van der Waals surface area contributed by atoms with Crippen LogP contribution in [-0.2, 0) is 16.1 Å². The zero-order valence-electron chi connectivity index (χ0n) is 14.6. The quantitative estimate of drug-likeness (QED) is 0.933. The van der Waals surface area contributed by atoms with Crippen molar-refractivity contribution in [3.05, 3.63) is 65.5 Å². The van der Waals surface area contributed by atoms with Crippen LogP contribution in [0.25, 0.3) is 0 Å². The Bertz CT molecular complexity index is 743. The fourth-order valence-corrected chi connectivity index (χ4v) is 3.35. The van der Waals surface area contributed by atoms with Gasteiger partial charge >= 0.3 is 0 Å². The van der Waals surface area contributed by atoms with Gasteiger partial charge in [0.1, 0.15) is 0 Å². The molecule has 0 aliphatic carbocycles. The Labute approximate surface area is 148 Å². The molecule has 2 atom stereocenters. The second-order valence-corrected chi connectivity index (χ2v) is 6.58. The second-order valence-electron chi connectivity index (χ2n) is 6.58. The summed E-state index contributed by atoms with van der Waals surface area (Å²) in [7, 11) is 1.79. The average molecular weight is 337 g/mol. The predicted molar refractivity (Wildman–Crippen MR) is 95.5 cm³/mol. The number of piperidine rings is 1. The van der Waals surface area contributed by atoms with Crippen LogP contribution in [-0.4, -0.2) is 28.7 Å². The van der Waals surface area contributed by atoms with Crippen LogP contribution in [0.2, 0.25) is 0 Å². The highest BCUT2D eigenvalue weighted by Crippen LogP contribution is 2.36. The van der Waals surface area contributed by atoms with Crippen molar-refractivity contribution in [3.63, 3.8) is 0 Å². The maximum atomic E-state index is 12.8. The first-order chi connectivity index (χ1) is 12.1. The van der Waals surface area contributed by atoms with Crippen molar-refractivity contribution in [2.24, 2.45) is 5.92 Å². The molecule has 0 radical (unpaired) electrons. The lowest BCUT2D eigenvalue weighted by atomic mass is 9.83. The summed E-state index contributed by atoms with van der Waals surface area (Å²) in [5.74, 6) is -0.169. The first-order valence-corrected chi connectivity index (χ1v) is 8.55. The molecule has 3 rings (SSSR count). The molecule has 1 aromatic heterocycles. The molecule has 25 heavy (non-hydrogen) atoms. The maximum absolute atomic E-state index is 12.8. The molecule has 1 saturated heterocycles. The standard InChI is InChI=1S/C20H23N3O2/c1-14-3-5-16(6-4-14)19-17(7-8-18(24)23(19)2)20(25)22-13-15-9-11-21-12-10-15/h3-6,9-12,17,19H,7-8,13H2,1-2H3,(H,22,25)/t17-,19+/m1/s1. The summed E-state index contributed by atoms with van der Waals surface area (Å²) in [6.07, 6.45) is 4.41. The molecule has 1 aliphatic rings. The topological polar surface area (TPSA) is 62.3 Å². The summed E-state index contributed by atoms with van der Waals surface area (Å²) < 4.78 is 0. The summed E-state index contributed by atoms with van der Waals surface area (Å²) in [6.45, 7) is 2.49. The van der Waals surface area contributed by atoms with Gasteiger partial charge in [0.2, 0.25) is 11.8 Å². The number of carbonyl (C=O) groups excluding carboxylic acids is 2. The van der Waals surface area contributed by atoms with Gasteiger partial charge in [-0.3, -0.25) is 14.6 Å². The highest BCUT2D eigenvalue weighted by molar-refractivity contribution is 5.84. The number of rotatable bonds is 4. The molecule has 1 aliphatic heterocycles. The van der Waals surface area contributed by atoms with Gasteiger partial charge < -0.3 is 10.2 Å². The van der Waals surface area contributed by atoms with Crippen LogP contribution in [0.4, 0.5) is 0 Å². The van der Waals surface area contributed by atoms with Crippen LogP contribution in [0.5, 0.6) is 0 Å². The summed E-state index contributed by atoms with van der Waals surface area (Å²) in [4.78, 5) is 30.7. The van der Waals surface area contributed by atoms with E-state index in [9.17, 15) is 9.59 Å². The van der Waals surface area contributed by atoms with E-state index < -0.39 is 0 Å². The number of pyridine rings is 1. The smallest absolute Gasteiger partial charge is 0.225 e. The number of aryl methyl sites for hydroxylation is 1. The number of benzene rings is 1. The Morgan fingerprint density at radius 1 is 1.20 bits per heavy atom. The molecule has 5 heteroatoms. The Morgan fingerprint density at radius 3 is 2.56 bits per heavy atom. The normalized spacial score (nSPS) is 20.4. The number of nitrogens with one attached hydrogen (secondary N) is 1. The molecule has 130 valence electrons. The van der Waals surface area contributed by atoms with E-state index in [0.717, 1.165) is 16.7 Å². The number of nitrogens with zero attached hydrogens (tertiary/aromatic N) is 2. The zero-order chi connectivity index (χ0) is 17.8. The third-order valence-electron chi connectivity index (χ3n) is 4.83. The molecular weight excluding hydrogens is 314 g/mol. The molecule has 2 amide bonds. The summed E-state index contributed by atoms with van der Waals surface area (Å²) >= 11 is 0. The van der Waals surface area contributed by atoms with Gasteiger partial charge in [-0.1, -0.05) is 29.8 Å². The third-order valence-corrected chi connectivity index (χ3v) is 4.83. The van der Waals surface area contributed by atoms with Gasteiger partial charge in [0.05, 0.1) is 12.0 Å². The van der Waals surface area contributed by atoms with E-state index in [-0.39, 0.29) is 23.8 Å². The van der Waals surface area contributed by atoms with E-state index in [1.807, 2.05) is 43.3 Å². The number of hydrogen-bond donors (Lipinski definition) is 1. The van der Waals surface area contributed by atoms with Crippen molar-refractivity contribution in [1.82, 2.24) is 15.2 Å². The molecule has 1 N–H and O–H groups in total. The molecule has 2 heterocycles. The summed E-state index contributed by atoms with van der Waals surface area (Å²) in [5.41, 5.74) is 3.17. The fraction of sp³-hybridized carbons (Fsp3) is 0.350. The molecular formula is C20H23N3O2. The zero-order valence-corrected chi connectivity index (χ0v) is 14.6. The largest absolute Gasteiger partial charge is 0.352 e. The number of amides is 2. The molecule has 0 spiro atoms. The number of hydrogen-bond acceptors (Lipinski definition) is 3. The van der Waals surface area contributed by atoms with Crippen LogP contribution in [0.3, 0.4) is 0 Å². The lowest BCUT2D eigenvalue weighted by Crippen LogP contribution is -2.46. The third kappa shape index (κ3) is 3.87. The van der Waals surface area contributed by atoms with Crippen LogP contribution in [0.1, 0.15) is 35.6 Å². The van der Waals surface area contributed by atoms with Crippen LogP contribution >= 0.6 is 0 Å². The van der Waals surface area contributed by atoms with Gasteiger partial charge in [0.15, 0.2) is 0 Å². The first kappa shape index (κ1) is 17.1.